The predicted molar refractivity (Wildman–Crippen MR) is 111 cm³/mol. The molecule has 170 valence electrons. The monoisotopic (exact) mass is 453 g/mol. The Morgan fingerprint density at radius 1 is 1.13 bits per heavy atom. The molecule has 0 radical (unpaired) electrons. The number of ether oxygens (including phenoxy) is 3. The van der Waals surface area contributed by atoms with E-state index in [2.05, 4.69) is 10.3 Å². The summed E-state index contributed by atoms with van der Waals surface area (Å²) in [5, 5.41) is 18.4. The standard InChI is InChI=1S/C20H28N3O7P/c1-5-26-31(25,27-6-2)19-15(13-10-8-7-9-11-13)21-22-23(19)18-17-16(14(12-24)28-18)29-20(3,4)30-17/h7-11,14,16-18,24H,5-6,12H2,1-4H3. The van der Waals surface area contributed by atoms with Gasteiger partial charge in [0, 0.05) is 5.56 Å². The van der Waals surface area contributed by atoms with Crippen molar-refractivity contribution in [3.05, 3.63) is 30.3 Å². The largest absolute Gasteiger partial charge is 0.394 e. The van der Waals surface area contributed by atoms with Crippen LogP contribution in [0.4, 0.5) is 0 Å². The number of nitrogens with zero attached hydrogens (tertiary/aromatic N) is 3. The van der Waals surface area contributed by atoms with E-state index < -0.39 is 37.9 Å². The van der Waals surface area contributed by atoms with Crippen molar-refractivity contribution >= 4 is 13.0 Å². The first-order valence-corrected chi connectivity index (χ1v) is 11.9. The maximum absolute atomic E-state index is 13.9. The molecular formula is C20H28N3O7P. The van der Waals surface area contributed by atoms with Crippen LogP contribution in [-0.4, -0.2) is 64.0 Å². The van der Waals surface area contributed by atoms with Crippen molar-refractivity contribution in [2.45, 2.75) is 58.0 Å². The Morgan fingerprint density at radius 2 is 1.77 bits per heavy atom. The van der Waals surface area contributed by atoms with E-state index in [0.29, 0.717) is 11.3 Å². The number of fused-ring (bicyclic) bond motifs is 1. The van der Waals surface area contributed by atoms with Crippen molar-refractivity contribution in [3.63, 3.8) is 0 Å². The Morgan fingerprint density at radius 3 is 2.39 bits per heavy atom. The minimum atomic E-state index is -3.81. The first kappa shape index (κ1) is 22.5. The van der Waals surface area contributed by atoms with Gasteiger partial charge in [-0.05, 0) is 27.7 Å². The summed E-state index contributed by atoms with van der Waals surface area (Å²) in [7, 11) is -3.81. The van der Waals surface area contributed by atoms with E-state index in [1.807, 2.05) is 30.3 Å². The lowest BCUT2D eigenvalue weighted by Crippen LogP contribution is -2.34. The molecule has 10 nitrogen and oxygen atoms in total. The van der Waals surface area contributed by atoms with Crippen LogP contribution >= 0.6 is 7.60 Å². The highest BCUT2D eigenvalue weighted by molar-refractivity contribution is 7.62. The van der Waals surface area contributed by atoms with Gasteiger partial charge in [0.25, 0.3) is 0 Å². The molecule has 0 aliphatic carbocycles. The van der Waals surface area contributed by atoms with Crippen LogP contribution in [0.15, 0.2) is 30.3 Å². The first-order chi connectivity index (χ1) is 14.8. The Kier molecular flexibility index (Phi) is 6.33. The van der Waals surface area contributed by atoms with Gasteiger partial charge >= 0.3 is 7.60 Å². The van der Waals surface area contributed by atoms with Crippen LogP contribution < -0.4 is 5.44 Å². The summed E-state index contributed by atoms with van der Waals surface area (Å²) in [6, 6.07) is 9.26. The van der Waals surface area contributed by atoms with Crippen molar-refractivity contribution in [2.75, 3.05) is 19.8 Å². The first-order valence-electron chi connectivity index (χ1n) is 10.4. The van der Waals surface area contributed by atoms with Gasteiger partial charge in [-0.2, -0.15) is 0 Å². The average molecular weight is 453 g/mol. The number of aliphatic hydroxyl groups excluding tert-OH is 1. The van der Waals surface area contributed by atoms with Crippen molar-refractivity contribution < 1.29 is 32.9 Å². The van der Waals surface area contributed by atoms with Crippen LogP contribution in [0.3, 0.4) is 0 Å². The number of hydrogen-bond donors (Lipinski definition) is 1. The molecule has 11 heteroatoms. The summed E-state index contributed by atoms with van der Waals surface area (Å²) < 4.78 is 44.6. The summed E-state index contributed by atoms with van der Waals surface area (Å²) in [6.07, 6.45) is -2.57. The highest BCUT2D eigenvalue weighted by atomic mass is 31.2. The zero-order chi connectivity index (χ0) is 22.2. The summed E-state index contributed by atoms with van der Waals surface area (Å²) in [5.74, 6) is -0.864. The second kappa shape index (κ2) is 8.71. The lowest BCUT2D eigenvalue weighted by molar-refractivity contribution is -0.201. The SMILES string of the molecule is CCOP(=O)(OCC)c1c(-c2ccccc2)nnn1C1OC(CO)C2OC(C)(C)OC21. The third-order valence-electron chi connectivity index (χ3n) is 5.12. The third-order valence-corrected chi connectivity index (χ3v) is 7.25. The Bertz CT molecular complexity index is 942. The number of rotatable bonds is 8. The van der Waals surface area contributed by atoms with Crippen LogP contribution in [0, 0.1) is 0 Å². The van der Waals surface area contributed by atoms with Crippen LogP contribution in [0.5, 0.6) is 0 Å². The molecule has 2 aliphatic heterocycles. The van der Waals surface area contributed by atoms with E-state index in [-0.39, 0.29) is 25.3 Å². The second-order valence-electron chi connectivity index (χ2n) is 7.72. The molecule has 3 heterocycles. The van der Waals surface area contributed by atoms with Crippen molar-refractivity contribution in [3.8, 4) is 11.3 Å². The summed E-state index contributed by atoms with van der Waals surface area (Å²) in [4.78, 5) is 0. The van der Waals surface area contributed by atoms with Crippen LogP contribution in [0.25, 0.3) is 11.3 Å². The summed E-state index contributed by atoms with van der Waals surface area (Å²) in [6.45, 7) is 7.13. The molecule has 4 unspecified atom stereocenters. The highest BCUT2D eigenvalue weighted by Crippen LogP contribution is 2.51. The Balaban J connectivity index is 1.85. The molecule has 0 bridgehead atoms. The fourth-order valence-electron chi connectivity index (χ4n) is 4.00. The quantitative estimate of drug-likeness (QED) is 0.601. The Labute approximate surface area is 180 Å². The number of benzene rings is 1. The van der Waals surface area contributed by atoms with E-state index in [0.717, 1.165) is 0 Å². The molecule has 2 saturated heterocycles. The molecule has 2 aromatic rings. The van der Waals surface area contributed by atoms with E-state index in [1.54, 1.807) is 27.7 Å². The fourth-order valence-corrected chi connectivity index (χ4v) is 5.84. The normalized spacial score (nSPS) is 27.5. The van der Waals surface area contributed by atoms with Gasteiger partial charge in [-0.15, -0.1) is 5.10 Å². The van der Waals surface area contributed by atoms with Crippen molar-refractivity contribution in [2.24, 2.45) is 0 Å². The van der Waals surface area contributed by atoms with E-state index >= 15 is 0 Å². The molecule has 1 N–H and O–H groups in total. The van der Waals surface area contributed by atoms with Gasteiger partial charge < -0.3 is 28.4 Å². The number of aromatic nitrogens is 3. The molecule has 1 aromatic heterocycles. The lowest BCUT2D eigenvalue weighted by atomic mass is 10.1. The molecule has 4 rings (SSSR count). The molecule has 2 fully saturated rings. The minimum Gasteiger partial charge on any atom is -0.394 e. The fraction of sp³-hybridized carbons (Fsp3) is 0.600. The molecule has 0 saturated carbocycles. The molecule has 0 spiro atoms. The van der Waals surface area contributed by atoms with Crippen LogP contribution in [-0.2, 0) is 27.8 Å². The molecular weight excluding hydrogens is 425 g/mol. The van der Waals surface area contributed by atoms with Gasteiger partial charge in [-0.25, -0.2) is 4.68 Å². The second-order valence-corrected chi connectivity index (χ2v) is 9.65. The molecule has 1 aromatic carbocycles. The van der Waals surface area contributed by atoms with E-state index in [9.17, 15) is 9.67 Å². The van der Waals surface area contributed by atoms with Gasteiger partial charge in [-0.1, -0.05) is 35.5 Å². The summed E-state index contributed by atoms with van der Waals surface area (Å²) >= 11 is 0. The zero-order valence-electron chi connectivity index (χ0n) is 18.0. The maximum atomic E-state index is 13.9. The number of hydrogen-bond acceptors (Lipinski definition) is 9. The zero-order valence-corrected chi connectivity index (χ0v) is 18.9. The predicted octanol–water partition coefficient (Wildman–Crippen LogP) is 2.25. The van der Waals surface area contributed by atoms with Gasteiger partial charge in [0.05, 0.1) is 19.8 Å². The topological polar surface area (TPSA) is 114 Å². The van der Waals surface area contributed by atoms with Gasteiger partial charge in [0.15, 0.2) is 17.5 Å². The highest BCUT2D eigenvalue weighted by Gasteiger charge is 2.57. The molecule has 2 aliphatic rings. The molecule has 31 heavy (non-hydrogen) atoms. The maximum Gasteiger partial charge on any atom is 0.381 e. The molecule has 4 atom stereocenters. The summed E-state index contributed by atoms with van der Waals surface area (Å²) in [5.41, 5.74) is 1.26. The lowest BCUT2D eigenvalue weighted by Gasteiger charge is -2.25. The van der Waals surface area contributed by atoms with E-state index in [4.69, 9.17) is 23.3 Å². The van der Waals surface area contributed by atoms with Crippen molar-refractivity contribution in [1.82, 2.24) is 15.0 Å². The van der Waals surface area contributed by atoms with Gasteiger partial charge in [0.1, 0.15) is 24.0 Å². The van der Waals surface area contributed by atoms with Gasteiger partial charge in [0.2, 0.25) is 0 Å². The third kappa shape index (κ3) is 4.09. The molecule has 0 amide bonds. The van der Waals surface area contributed by atoms with Crippen LogP contribution in [0.1, 0.15) is 33.9 Å². The average Bonchev–Trinajstić information content (AvgIpc) is 3.39. The number of aliphatic hydroxyl groups is 1. The minimum absolute atomic E-state index is 0.167. The Hall–Kier alpha value is -1.65. The smallest absolute Gasteiger partial charge is 0.381 e. The van der Waals surface area contributed by atoms with Gasteiger partial charge in [-0.3, -0.25) is 4.57 Å². The van der Waals surface area contributed by atoms with E-state index in [1.165, 1.54) is 4.68 Å². The van der Waals surface area contributed by atoms with Crippen molar-refractivity contribution in [1.29, 1.82) is 0 Å². The van der Waals surface area contributed by atoms with Crippen LogP contribution in [0.2, 0.25) is 0 Å².